The van der Waals surface area contributed by atoms with Crippen LogP contribution in [0.15, 0.2) is 48.5 Å². The molecule has 0 saturated carbocycles. The van der Waals surface area contributed by atoms with Crippen LogP contribution in [0, 0.1) is 13.8 Å². The maximum atomic E-state index is 11.9. The minimum absolute atomic E-state index is 0.0297. The van der Waals surface area contributed by atoms with E-state index in [0.717, 1.165) is 11.1 Å². The van der Waals surface area contributed by atoms with Gasteiger partial charge in [-0.05, 0) is 38.1 Å². The zero-order valence-corrected chi connectivity index (χ0v) is 15.1. The molecule has 0 aromatic heterocycles. The fourth-order valence-corrected chi connectivity index (χ4v) is 2.23. The summed E-state index contributed by atoms with van der Waals surface area (Å²) in [5, 5.41) is 19.5. The van der Waals surface area contributed by atoms with Crippen molar-refractivity contribution in [3.05, 3.63) is 70.8 Å². The molecule has 2 aromatic carbocycles. The molecule has 0 radical (unpaired) electrons. The van der Waals surface area contributed by atoms with E-state index in [1.54, 1.807) is 38.1 Å². The Balaban J connectivity index is 1.97. The zero-order valence-electron chi connectivity index (χ0n) is 15.1. The van der Waals surface area contributed by atoms with E-state index >= 15 is 0 Å². The Morgan fingerprint density at radius 3 is 1.82 bits per heavy atom. The van der Waals surface area contributed by atoms with Gasteiger partial charge in [-0.2, -0.15) is 0 Å². The summed E-state index contributed by atoms with van der Waals surface area (Å²) in [6.45, 7) is 3.44. The van der Waals surface area contributed by atoms with Gasteiger partial charge in [0.15, 0.2) is 6.10 Å². The molecule has 0 aliphatic carbocycles. The topological polar surface area (TPSA) is 127 Å². The van der Waals surface area contributed by atoms with Crippen LogP contribution in [0.2, 0.25) is 0 Å². The quantitative estimate of drug-likeness (QED) is 0.327. The van der Waals surface area contributed by atoms with Crippen molar-refractivity contribution in [2.45, 2.75) is 26.2 Å². The molecule has 0 aliphatic heterocycles. The van der Waals surface area contributed by atoms with E-state index in [4.69, 9.17) is 0 Å². The third kappa shape index (κ3) is 5.32. The maximum absolute atomic E-state index is 11.9. The van der Waals surface area contributed by atoms with Crippen LogP contribution in [0.4, 0.5) is 0 Å². The number of aliphatic hydroxyl groups excluding tert-OH is 2. The highest BCUT2D eigenvalue weighted by atomic mass is 16.6. The number of rotatable bonds is 6. The van der Waals surface area contributed by atoms with Gasteiger partial charge in [-0.3, -0.25) is 4.79 Å². The molecule has 0 saturated heterocycles. The van der Waals surface area contributed by atoms with Crippen LogP contribution in [0.1, 0.15) is 31.8 Å². The van der Waals surface area contributed by atoms with Gasteiger partial charge < -0.3 is 19.7 Å². The predicted molar refractivity (Wildman–Crippen MR) is 95.2 cm³/mol. The fraction of sp³-hybridized carbons (Fsp3) is 0.200. The van der Waals surface area contributed by atoms with E-state index in [1.807, 2.05) is 0 Å². The minimum atomic E-state index is -2.41. The molecule has 0 heterocycles. The number of hydrogen-bond acceptors (Lipinski definition) is 8. The standard InChI is InChI=1S/C20H18O8/c1-11-5-3-7-13(9-11)17(23)27-19(25)15(21)16(22)20(26)28-18(24)14-8-4-6-12(2)10-14/h3-10,15,19,21,25H,1-2H3. The first-order chi connectivity index (χ1) is 13.2. The second kappa shape index (κ2) is 9.03. The molecule has 2 N–H and O–H groups in total. The summed E-state index contributed by atoms with van der Waals surface area (Å²) >= 11 is 0. The summed E-state index contributed by atoms with van der Waals surface area (Å²) in [4.78, 5) is 47.4. The fourth-order valence-electron chi connectivity index (χ4n) is 2.23. The lowest BCUT2D eigenvalue weighted by molar-refractivity contribution is -0.168. The molecule has 0 bridgehead atoms. The number of ketones is 1. The van der Waals surface area contributed by atoms with Gasteiger partial charge in [0.05, 0.1) is 11.1 Å². The van der Waals surface area contributed by atoms with Crippen molar-refractivity contribution in [3.8, 4) is 0 Å². The highest BCUT2D eigenvalue weighted by Crippen LogP contribution is 2.10. The molecule has 0 fully saturated rings. The second-order valence-corrected chi connectivity index (χ2v) is 6.02. The Morgan fingerprint density at radius 1 is 0.821 bits per heavy atom. The Kier molecular flexibility index (Phi) is 6.75. The third-order valence-electron chi connectivity index (χ3n) is 3.66. The van der Waals surface area contributed by atoms with Gasteiger partial charge in [-0.15, -0.1) is 0 Å². The van der Waals surface area contributed by atoms with Crippen molar-refractivity contribution < 1.29 is 38.9 Å². The zero-order chi connectivity index (χ0) is 20.8. The molecule has 2 unspecified atom stereocenters. The molecule has 0 amide bonds. The summed E-state index contributed by atoms with van der Waals surface area (Å²) in [6.07, 6.45) is -4.73. The first-order valence-corrected chi connectivity index (χ1v) is 8.20. The van der Waals surface area contributed by atoms with Crippen LogP contribution in [0.3, 0.4) is 0 Å². The van der Waals surface area contributed by atoms with E-state index in [-0.39, 0.29) is 11.1 Å². The van der Waals surface area contributed by atoms with Gasteiger partial charge in [0.1, 0.15) is 0 Å². The summed E-state index contributed by atoms with van der Waals surface area (Å²) in [7, 11) is 0. The summed E-state index contributed by atoms with van der Waals surface area (Å²) in [6, 6.07) is 12.3. The normalized spacial score (nSPS) is 12.6. The molecule has 8 heteroatoms. The predicted octanol–water partition coefficient (Wildman–Crippen LogP) is 1.09. The van der Waals surface area contributed by atoms with Gasteiger partial charge in [0.2, 0.25) is 6.29 Å². The molecule has 2 aromatic rings. The highest BCUT2D eigenvalue weighted by Gasteiger charge is 2.35. The van der Waals surface area contributed by atoms with Crippen LogP contribution >= 0.6 is 0 Å². The first-order valence-electron chi connectivity index (χ1n) is 8.20. The molecule has 0 spiro atoms. The number of Topliss-reactive ketones (excluding diaryl/α,β-unsaturated/α-hetero) is 1. The van der Waals surface area contributed by atoms with Gasteiger partial charge in [0, 0.05) is 0 Å². The van der Waals surface area contributed by atoms with Crippen molar-refractivity contribution in [2.75, 3.05) is 0 Å². The summed E-state index contributed by atoms with van der Waals surface area (Å²) < 4.78 is 8.97. The molecule has 146 valence electrons. The van der Waals surface area contributed by atoms with Crippen molar-refractivity contribution in [1.29, 1.82) is 0 Å². The summed E-state index contributed by atoms with van der Waals surface area (Å²) in [5.74, 6) is -5.43. The monoisotopic (exact) mass is 386 g/mol. The number of carbonyl (C=O) groups is 4. The molecule has 2 atom stereocenters. The molecule has 2 rings (SSSR count). The molecule has 8 nitrogen and oxygen atoms in total. The Bertz CT molecular complexity index is 918. The Hall–Kier alpha value is -3.36. The van der Waals surface area contributed by atoms with Gasteiger partial charge in [-0.1, -0.05) is 35.4 Å². The van der Waals surface area contributed by atoms with Crippen molar-refractivity contribution >= 4 is 23.7 Å². The number of carbonyl (C=O) groups excluding carboxylic acids is 4. The van der Waals surface area contributed by atoms with Crippen LogP contribution in [-0.2, 0) is 19.1 Å². The van der Waals surface area contributed by atoms with E-state index in [0.29, 0.717) is 0 Å². The van der Waals surface area contributed by atoms with E-state index < -0.39 is 36.1 Å². The Morgan fingerprint density at radius 2 is 1.32 bits per heavy atom. The van der Waals surface area contributed by atoms with E-state index in [9.17, 15) is 29.4 Å². The van der Waals surface area contributed by atoms with E-state index in [1.165, 1.54) is 24.3 Å². The average Bonchev–Trinajstić information content (AvgIpc) is 2.66. The molecular formula is C20H18O8. The third-order valence-corrected chi connectivity index (χ3v) is 3.66. The van der Waals surface area contributed by atoms with Crippen LogP contribution in [0.5, 0.6) is 0 Å². The van der Waals surface area contributed by atoms with Crippen molar-refractivity contribution in [1.82, 2.24) is 0 Å². The van der Waals surface area contributed by atoms with Crippen molar-refractivity contribution in [2.24, 2.45) is 0 Å². The number of hydrogen-bond donors (Lipinski definition) is 2. The largest absolute Gasteiger partial charge is 0.429 e. The minimum Gasteiger partial charge on any atom is -0.429 e. The molecule has 0 aliphatic rings. The lowest BCUT2D eigenvalue weighted by Crippen LogP contribution is -2.42. The summed E-state index contributed by atoms with van der Waals surface area (Å²) in [5.41, 5.74) is 1.59. The SMILES string of the molecule is Cc1cccc(C(=O)OC(=O)C(=O)C(O)C(O)OC(=O)c2cccc(C)c2)c1. The molecule has 28 heavy (non-hydrogen) atoms. The van der Waals surface area contributed by atoms with Crippen molar-refractivity contribution in [3.63, 3.8) is 0 Å². The first kappa shape index (κ1) is 20.9. The lowest BCUT2D eigenvalue weighted by Gasteiger charge is -2.16. The lowest BCUT2D eigenvalue weighted by atomic mass is 10.1. The van der Waals surface area contributed by atoms with Crippen LogP contribution in [0.25, 0.3) is 0 Å². The maximum Gasteiger partial charge on any atom is 0.385 e. The van der Waals surface area contributed by atoms with Gasteiger partial charge >= 0.3 is 17.9 Å². The number of benzene rings is 2. The number of aliphatic hydroxyl groups is 2. The van der Waals surface area contributed by atoms with Crippen LogP contribution < -0.4 is 0 Å². The van der Waals surface area contributed by atoms with Crippen LogP contribution in [-0.4, -0.2) is 46.3 Å². The average molecular weight is 386 g/mol. The number of ether oxygens (including phenoxy) is 2. The number of esters is 3. The van der Waals surface area contributed by atoms with Gasteiger partial charge in [-0.25, -0.2) is 14.4 Å². The Labute approximate surface area is 160 Å². The number of aryl methyl sites for hydroxylation is 2. The second-order valence-electron chi connectivity index (χ2n) is 6.02. The molecular weight excluding hydrogens is 368 g/mol. The van der Waals surface area contributed by atoms with Gasteiger partial charge in [0.25, 0.3) is 5.78 Å². The highest BCUT2D eigenvalue weighted by molar-refractivity contribution is 6.37. The smallest absolute Gasteiger partial charge is 0.385 e. The van der Waals surface area contributed by atoms with E-state index in [2.05, 4.69) is 9.47 Å².